The number of carbonyl (C=O) groups is 2. The number of amides is 1. The van der Waals surface area contributed by atoms with E-state index >= 15 is 0 Å². The Bertz CT molecular complexity index is 1490. The second kappa shape index (κ2) is 9.76. The monoisotopic (exact) mass is 490 g/mol. The summed E-state index contributed by atoms with van der Waals surface area (Å²) in [5.74, 6) is -0.292. The molecule has 36 heavy (non-hydrogen) atoms. The molecule has 0 saturated carbocycles. The van der Waals surface area contributed by atoms with E-state index in [0.717, 1.165) is 15.8 Å². The molecule has 0 unspecified atom stereocenters. The molecule has 1 atom stereocenters. The molecule has 0 aliphatic carbocycles. The number of piperidine rings is 1. The topological polar surface area (TPSA) is 125 Å². The van der Waals surface area contributed by atoms with Crippen molar-refractivity contribution < 1.29 is 18.8 Å². The van der Waals surface area contributed by atoms with Gasteiger partial charge in [-0.25, -0.2) is 13.9 Å². The number of ether oxygens (including phenoxy) is 1. The quantitative estimate of drug-likeness (QED) is 0.377. The number of benzene rings is 1. The van der Waals surface area contributed by atoms with Crippen molar-refractivity contribution in [2.75, 3.05) is 19.7 Å². The first-order valence-corrected chi connectivity index (χ1v) is 11.9. The molecular formula is C25H26N6O5. The average Bonchev–Trinajstić information content (AvgIpc) is 3.50. The van der Waals surface area contributed by atoms with E-state index < -0.39 is 5.69 Å². The zero-order valence-electron chi connectivity index (χ0n) is 20.1. The van der Waals surface area contributed by atoms with Crippen LogP contribution in [0, 0.1) is 12.8 Å². The normalized spacial score (nSPS) is 15.8. The van der Waals surface area contributed by atoms with Gasteiger partial charge in [-0.1, -0.05) is 28.9 Å². The highest BCUT2D eigenvalue weighted by molar-refractivity contribution is 5.78. The Morgan fingerprint density at radius 2 is 2.08 bits per heavy atom. The fourth-order valence-electron chi connectivity index (χ4n) is 4.43. The summed E-state index contributed by atoms with van der Waals surface area (Å²) >= 11 is 0. The third-order valence-corrected chi connectivity index (χ3v) is 6.22. The maximum absolute atomic E-state index is 13.0. The number of fused-ring (bicyclic) bond motifs is 1. The molecule has 3 aromatic heterocycles. The molecular weight excluding hydrogens is 464 g/mol. The van der Waals surface area contributed by atoms with Crippen molar-refractivity contribution in [3.63, 3.8) is 0 Å². The third-order valence-electron chi connectivity index (χ3n) is 6.22. The van der Waals surface area contributed by atoms with Crippen molar-refractivity contribution in [3.8, 4) is 22.8 Å². The fraction of sp³-hybridized carbons (Fsp3) is 0.360. The van der Waals surface area contributed by atoms with Crippen LogP contribution in [0.5, 0.6) is 0 Å². The minimum Gasteiger partial charge on any atom is -0.466 e. The Balaban J connectivity index is 1.40. The Hall–Kier alpha value is -4.28. The van der Waals surface area contributed by atoms with Crippen molar-refractivity contribution in [3.05, 3.63) is 58.6 Å². The zero-order chi connectivity index (χ0) is 25.2. The number of likely N-dealkylation sites (tertiary alicyclic amines) is 1. The number of rotatable bonds is 6. The van der Waals surface area contributed by atoms with Gasteiger partial charge < -0.3 is 14.2 Å². The van der Waals surface area contributed by atoms with Crippen LogP contribution in [-0.4, -0.2) is 60.8 Å². The number of carbonyl (C=O) groups excluding carboxylic acids is 2. The fourth-order valence-corrected chi connectivity index (χ4v) is 4.43. The molecule has 1 saturated heterocycles. The van der Waals surface area contributed by atoms with Gasteiger partial charge in [0.1, 0.15) is 6.54 Å². The number of aromatic nitrogens is 5. The first-order valence-electron chi connectivity index (χ1n) is 11.9. The molecule has 0 spiro atoms. The highest BCUT2D eigenvalue weighted by atomic mass is 16.5. The van der Waals surface area contributed by atoms with Crippen LogP contribution in [0.4, 0.5) is 0 Å². The van der Waals surface area contributed by atoms with E-state index in [2.05, 4.69) is 15.2 Å². The Labute approximate surface area is 206 Å². The number of aryl methyl sites for hydroxylation is 1. The summed E-state index contributed by atoms with van der Waals surface area (Å²) in [6, 6.07) is 11.1. The molecule has 1 aromatic carbocycles. The van der Waals surface area contributed by atoms with E-state index in [9.17, 15) is 14.4 Å². The Kier molecular flexibility index (Phi) is 6.36. The van der Waals surface area contributed by atoms with E-state index in [1.165, 1.54) is 4.40 Å². The van der Waals surface area contributed by atoms with Gasteiger partial charge in [-0.15, -0.1) is 5.10 Å². The highest BCUT2D eigenvalue weighted by Gasteiger charge is 2.30. The van der Waals surface area contributed by atoms with Gasteiger partial charge >= 0.3 is 11.7 Å². The SMILES string of the molecule is CCOC(=O)[C@@H]1CCCN(C(=O)Cn2nc3c(-c4nc(-c5cccc(C)c5)no4)cccn3c2=O)C1. The number of hydrogen-bond donors (Lipinski definition) is 0. The van der Waals surface area contributed by atoms with Crippen molar-refractivity contribution in [2.45, 2.75) is 33.2 Å². The summed E-state index contributed by atoms with van der Waals surface area (Å²) in [5, 5.41) is 8.48. The van der Waals surface area contributed by atoms with Crippen LogP contribution in [0.25, 0.3) is 28.5 Å². The number of hydrogen-bond acceptors (Lipinski definition) is 8. The minimum absolute atomic E-state index is 0.217. The summed E-state index contributed by atoms with van der Waals surface area (Å²) in [6.07, 6.45) is 2.94. The average molecular weight is 491 g/mol. The minimum atomic E-state index is -0.461. The van der Waals surface area contributed by atoms with Gasteiger partial charge in [0.25, 0.3) is 5.89 Å². The van der Waals surface area contributed by atoms with Crippen LogP contribution >= 0.6 is 0 Å². The Morgan fingerprint density at radius 3 is 2.89 bits per heavy atom. The van der Waals surface area contributed by atoms with Crippen LogP contribution in [0.1, 0.15) is 25.3 Å². The van der Waals surface area contributed by atoms with Crippen LogP contribution < -0.4 is 5.69 Å². The lowest BCUT2D eigenvalue weighted by molar-refractivity contribution is -0.151. The van der Waals surface area contributed by atoms with Crippen molar-refractivity contribution in [2.24, 2.45) is 5.92 Å². The molecule has 11 nitrogen and oxygen atoms in total. The lowest BCUT2D eigenvalue weighted by Crippen LogP contribution is -2.45. The first-order chi connectivity index (χ1) is 17.4. The zero-order valence-corrected chi connectivity index (χ0v) is 20.1. The lowest BCUT2D eigenvalue weighted by Gasteiger charge is -2.31. The van der Waals surface area contributed by atoms with Gasteiger partial charge in [-0.3, -0.25) is 9.59 Å². The van der Waals surface area contributed by atoms with Crippen LogP contribution in [-0.2, 0) is 20.9 Å². The summed E-state index contributed by atoms with van der Waals surface area (Å²) in [6.45, 7) is 4.58. The van der Waals surface area contributed by atoms with Gasteiger partial charge in [0.15, 0.2) is 5.65 Å². The molecule has 186 valence electrons. The van der Waals surface area contributed by atoms with E-state index in [0.29, 0.717) is 43.0 Å². The van der Waals surface area contributed by atoms with E-state index in [4.69, 9.17) is 9.26 Å². The molecule has 11 heteroatoms. The number of pyridine rings is 1. The smallest absolute Gasteiger partial charge is 0.350 e. The van der Waals surface area contributed by atoms with Gasteiger partial charge in [0.05, 0.1) is 18.1 Å². The molecule has 1 aliphatic heterocycles. The molecule has 1 fully saturated rings. The van der Waals surface area contributed by atoms with Crippen LogP contribution in [0.2, 0.25) is 0 Å². The first kappa shape index (κ1) is 23.5. The van der Waals surface area contributed by atoms with Crippen LogP contribution in [0.15, 0.2) is 51.9 Å². The lowest BCUT2D eigenvalue weighted by atomic mass is 9.98. The second-order valence-corrected chi connectivity index (χ2v) is 8.78. The standard InChI is InChI=1S/C25H26N6O5/c1-3-35-24(33)18-9-5-11-29(14-18)20(32)15-31-25(34)30-12-6-10-19(22(30)27-31)23-26-21(28-36-23)17-8-4-7-16(2)13-17/h4,6-8,10,12-13,18H,3,5,9,11,14-15H2,1-2H3/t18-/m1/s1. The van der Waals surface area contributed by atoms with Gasteiger partial charge in [0, 0.05) is 24.8 Å². The number of esters is 1. The van der Waals surface area contributed by atoms with Crippen LogP contribution in [0.3, 0.4) is 0 Å². The Morgan fingerprint density at radius 1 is 1.22 bits per heavy atom. The molecule has 1 aliphatic rings. The van der Waals surface area contributed by atoms with Crippen molar-refractivity contribution in [1.29, 1.82) is 0 Å². The molecule has 1 amide bonds. The number of nitrogens with zero attached hydrogens (tertiary/aromatic N) is 6. The maximum atomic E-state index is 13.0. The predicted molar refractivity (Wildman–Crippen MR) is 129 cm³/mol. The molecule has 0 N–H and O–H groups in total. The van der Waals surface area contributed by atoms with Crippen molar-refractivity contribution >= 4 is 17.5 Å². The van der Waals surface area contributed by atoms with E-state index in [1.807, 2.05) is 31.2 Å². The molecule has 0 bridgehead atoms. The third kappa shape index (κ3) is 4.51. The summed E-state index contributed by atoms with van der Waals surface area (Å²) in [7, 11) is 0. The summed E-state index contributed by atoms with van der Waals surface area (Å²) < 4.78 is 13.1. The van der Waals surface area contributed by atoms with Gasteiger partial charge in [-0.2, -0.15) is 4.98 Å². The highest BCUT2D eigenvalue weighted by Crippen LogP contribution is 2.25. The van der Waals surface area contributed by atoms with Gasteiger partial charge in [0.2, 0.25) is 11.7 Å². The molecule has 5 rings (SSSR count). The second-order valence-electron chi connectivity index (χ2n) is 8.78. The van der Waals surface area contributed by atoms with E-state index in [-0.39, 0.29) is 36.8 Å². The predicted octanol–water partition coefficient (Wildman–Crippen LogP) is 2.32. The molecule has 4 aromatic rings. The van der Waals surface area contributed by atoms with Crippen molar-refractivity contribution in [1.82, 2.24) is 29.2 Å². The maximum Gasteiger partial charge on any atom is 0.350 e. The molecule has 0 radical (unpaired) electrons. The summed E-state index contributed by atoms with van der Waals surface area (Å²) in [4.78, 5) is 44.2. The largest absolute Gasteiger partial charge is 0.466 e. The molecule has 4 heterocycles. The van der Waals surface area contributed by atoms with Gasteiger partial charge in [-0.05, 0) is 44.9 Å². The summed E-state index contributed by atoms with van der Waals surface area (Å²) in [5.41, 5.74) is 2.20. The van der Waals surface area contributed by atoms with E-state index in [1.54, 1.807) is 30.2 Å².